The first kappa shape index (κ1) is 24.9. The van der Waals surface area contributed by atoms with E-state index in [9.17, 15) is 4.79 Å². The van der Waals surface area contributed by atoms with E-state index in [1.165, 1.54) is 31.3 Å². The highest BCUT2D eigenvalue weighted by molar-refractivity contribution is 8.03. The van der Waals surface area contributed by atoms with E-state index in [0.717, 1.165) is 42.1 Å². The molecule has 6 nitrogen and oxygen atoms in total. The molecule has 1 fully saturated rings. The van der Waals surface area contributed by atoms with Crippen LogP contribution in [0.25, 0.3) is 10.9 Å². The molecule has 2 N–H and O–H groups in total. The lowest BCUT2D eigenvalue weighted by molar-refractivity contribution is -0.120. The molecule has 5 rings (SSSR count). The van der Waals surface area contributed by atoms with Gasteiger partial charge in [-0.05, 0) is 54.2 Å². The van der Waals surface area contributed by atoms with Gasteiger partial charge in [0.05, 0.1) is 5.52 Å². The van der Waals surface area contributed by atoms with Gasteiger partial charge in [-0.15, -0.1) is 11.8 Å². The van der Waals surface area contributed by atoms with Gasteiger partial charge in [0.2, 0.25) is 11.9 Å². The Hall–Kier alpha value is -2.80. The lowest BCUT2D eigenvalue weighted by atomic mass is 9.80. The number of carbonyl (C=O) groups is 1. The molecule has 7 heteroatoms. The topological polar surface area (TPSA) is 70.2 Å². The first-order chi connectivity index (χ1) is 17.6. The van der Waals surface area contributed by atoms with E-state index in [0.29, 0.717) is 29.5 Å². The molecule has 1 aromatic carbocycles. The molecule has 0 bridgehead atoms. The summed E-state index contributed by atoms with van der Waals surface area (Å²) in [6.07, 6.45) is 15.2. The predicted octanol–water partition coefficient (Wildman–Crippen LogP) is 5.55. The second-order valence-corrected chi connectivity index (χ2v) is 11.5. The summed E-state index contributed by atoms with van der Waals surface area (Å²) in [6, 6.07) is 8.16. The van der Waals surface area contributed by atoms with Crippen LogP contribution in [0.2, 0.25) is 0 Å². The number of rotatable bonds is 9. The molecule has 2 heterocycles. The molecule has 1 amide bonds. The van der Waals surface area contributed by atoms with Crippen molar-refractivity contribution in [1.82, 2.24) is 15.3 Å². The van der Waals surface area contributed by atoms with Crippen LogP contribution in [0.15, 0.2) is 59.6 Å². The van der Waals surface area contributed by atoms with Crippen LogP contribution in [0.1, 0.15) is 38.5 Å². The largest absolute Gasteiger partial charge is 0.362 e. The maximum absolute atomic E-state index is 12.6. The van der Waals surface area contributed by atoms with E-state index in [2.05, 4.69) is 46.4 Å². The summed E-state index contributed by atoms with van der Waals surface area (Å²) in [4.78, 5) is 24.1. The van der Waals surface area contributed by atoms with Crippen LogP contribution in [0.3, 0.4) is 0 Å². The lowest BCUT2D eigenvalue weighted by Gasteiger charge is -2.29. The number of nitrogens with one attached hydrogen (secondary N) is 2. The summed E-state index contributed by atoms with van der Waals surface area (Å²) in [6.45, 7) is 1.70. The number of anilines is 2. The molecule has 0 saturated heterocycles. The summed E-state index contributed by atoms with van der Waals surface area (Å²) >= 11 is 1.83. The Morgan fingerprint density at radius 2 is 1.83 bits per heavy atom. The third-order valence-corrected chi connectivity index (χ3v) is 8.85. The zero-order chi connectivity index (χ0) is 24.9. The van der Waals surface area contributed by atoms with Gasteiger partial charge in [-0.1, -0.05) is 49.3 Å². The average molecular weight is 504 g/mol. The van der Waals surface area contributed by atoms with E-state index >= 15 is 0 Å². The first-order valence-corrected chi connectivity index (χ1v) is 14.1. The van der Waals surface area contributed by atoms with Crippen molar-refractivity contribution in [3.63, 3.8) is 0 Å². The van der Waals surface area contributed by atoms with Crippen molar-refractivity contribution in [1.29, 1.82) is 0 Å². The number of amides is 1. The Morgan fingerprint density at radius 3 is 2.67 bits per heavy atom. The molecule has 3 aliphatic rings. The van der Waals surface area contributed by atoms with E-state index in [1.807, 2.05) is 49.0 Å². The predicted molar refractivity (Wildman–Crippen MR) is 151 cm³/mol. The first-order valence-electron chi connectivity index (χ1n) is 13.2. The second kappa shape index (κ2) is 11.5. The molecule has 0 spiro atoms. The Labute approximate surface area is 218 Å². The van der Waals surface area contributed by atoms with E-state index < -0.39 is 0 Å². The van der Waals surface area contributed by atoms with Crippen LogP contribution < -0.4 is 15.5 Å². The number of hydrogen-bond donors (Lipinski definition) is 2. The third kappa shape index (κ3) is 5.94. The van der Waals surface area contributed by atoms with Crippen LogP contribution in [-0.2, 0) is 4.79 Å². The fourth-order valence-corrected chi connectivity index (χ4v) is 6.74. The van der Waals surface area contributed by atoms with Crippen molar-refractivity contribution in [3.8, 4) is 0 Å². The van der Waals surface area contributed by atoms with Crippen LogP contribution in [0.4, 0.5) is 11.8 Å². The number of thioether (sulfide) groups is 1. The van der Waals surface area contributed by atoms with Gasteiger partial charge in [0.1, 0.15) is 5.82 Å². The summed E-state index contributed by atoms with van der Waals surface area (Å²) < 4.78 is 0. The lowest BCUT2D eigenvalue weighted by Crippen LogP contribution is -2.32. The Balaban J connectivity index is 1.02. The maximum Gasteiger partial charge on any atom is 0.225 e. The minimum Gasteiger partial charge on any atom is -0.362 e. The Morgan fingerprint density at radius 1 is 1.06 bits per heavy atom. The van der Waals surface area contributed by atoms with E-state index in [4.69, 9.17) is 9.97 Å². The molecular weight excluding hydrogens is 466 g/mol. The van der Waals surface area contributed by atoms with Gasteiger partial charge in [-0.25, -0.2) is 4.98 Å². The number of fused-ring (bicyclic) bond motifs is 2. The maximum atomic E-state index is 12.6. The molecule has 2 aliphatic carbocycles. The van der Waals surface area contributed by atoms with Gasteiger partial charge < -0.3 is 15.5 Å². The number of para-hydroxylation sites is 1. The highest BCUT2D eigenvalue weighted by atomic mass is 32.2. The van der Waals surface area contributed by atoms with Crippen molar-refractivity contribution < 1.29 is 4.79 Å². The molecular formula is C29H37N5OS. The quantitative estimate of drug-likeness (QED) is 0.467. The van der Waals surface area contributed by atoms with Gasteiger partial charge in [-0.3, -0.25) is 4.79 Å². The van der Waals surface area contributed by atoms with Gasteiger partial charge in [-0.2, -0.15) is 4.98 Å². The van der Waals surface area contributed by atoms with E-state index in [-0.39, 0.29) is 5.91 Å². The van der Waals surface area contributed by atoms with Crippen LogP contribution in [0, 0.1) is 17.8 Å². The Kier molecular flexibility index (Phi) is 7.95. The fourth-order valence-electron chi connectivity index (χ4n) is 5.55. The number of aromatic nitrogens is 2. The number of carbonyl (C=O) groups excluding carboxylic acids is 1. The Bertz CT molecular complexity index is 1170. The van der Waals surface area contributed by atoms with Crippen molar-refractivity contribution in [3.05, 3.63) is 59.6 Å². The van der Waals surface area contributed by atoms with Gasteiger partial charge >= 0.3 is 0 Å². The molecule has 190 valence electrons. The highest BCUT2D eigenvalue weighted by Gasteiger charge is 2.29. The summed E-state index contributed by atoms with van der Waals surface area (Å²) in [5.74, 6) is 3.54. The SMILES string of the molecule is CN(C)c1nc(NCCC2CCC(CNC(=O)CC3=CSC4C=CC=CC34)CC2)nc2ccccc12. The molecule has 2 aromatic rings. The van der Waals surface area contributed by atoms with Crippen LogP contribution in [0.5, 0.6) is 0 Å². The number of allylic oxidation sites excluding steroid dienone is 3. The third-order valence-electron chi connectivity index (χ3n) is 7.65. The number of nitrogens with zero attached hydrogens (tertiary/aromatic N) is 3. The molecule has 1 aliphatic heterocycles. The summed E-state index contributed by atoms with van der Waals surface area (Å²) in [5, 5.41) is 10.4. The average Bonchev–Trinajstić information content (AvgIpc) is 3.30. The zero-order valence-electron chi connectivity index (χ0n) is 21.3. The van der Waals surface area contributed by atoms with Crippen molar-refractivity contribution in [2.45, 2.75) is 43.8 Å². The summed E-state index contributed by atoms with van der Waals surface area (Å²) in [5.41, 5.74) is 2.23. The zero-order valence-corrected chi connectivity index (χ0v) is 22.1. The monoisotopic (exact) mass is 503 g/mol. The van der Waals surface area contributed by atoms with Gasteiger partial charge in [0, 0.05) is 50.2 Å². The van der Waals surface area contributed by atoms with Crippen molar-refractivity contribution in [2.24, 2.45) is 17.8 Å². The minimum atomic E-state index is 0.171. The standard InChI is InChI=1S/C29H37N5OS/c1-34(2)28-24-8-3-5-9-25(24)32-29(33-28)30-16-15-20-11-13-21(14-12-20)18-31-27(35)17-22-19-36-26-10-6-4-7-23(22)26/h3-10,19-21,23,26H,11-18H2,1-2H3,(H,31,35)(H,30,32,33). The van der Waals surface area contributed by atoms with Crippen LogP contribution in [-0.4, -0.2) is 48.3 Å². The van der Waals surface area contributed by atoms with Gasteiger partial charge in [0.25, 0.3) is 0 Å². The van der Waals surface area contributed by atoms with Crippen molar-refractivity contribution in [2.75, 3.05) is 37.4 Å². The molecule has 2 atom stereocenters. The number of benzene rings is 1. The highest BCUT2D eigenvalue weighted by Crippen LogP contribution is 2.40. The molecule has 1 aromatic heterocycles. The van der Waals surface area contributed by atoms with Crippen molar-refractivity contribution >= 4 is 40.3 Å². The van der Waals surface area contributed by atoms with Crippen LogP contribution >= 0.6 is 11.8 Å². The molecule has 2 unspecified atom stereocenters. The summed E-state index contributed by atoms with van der Waals surface area (Å²) in [7, 11) is 4.04. The molecule has 36 heavy (non-hydrogen) atoms. The van der Waals surface area contributed by atoms with Gasteiger partial charge in [0.15, 0.2) is 0 Å². The molecule has 0 radical (unpaired) electrons. The normalized spacial score (nSPS) is 24.9. The number of hydrogen-bond acceptors (Lipinski definition) is 6. The minimum absolute atomic E-state index is 0.171. The smallest absolute Gasteiger partial charge is 0.225 e. The molecule has 1 saturated carbocycles. The van der Waals surface area contributed by atoms with E-state index in [1.54, 1.807) is 0 Å². The fraction of sp³-hybridized carbons (Fsp3) is 0.483. The second-order valence-electron chi connectivity index (χ2n) is 10.5.